The van der Waals surface area contributed by atoms with E-state index in [2.05, 4.69) is 276 Å². The largest absolute Gasteiger partial charge is 0.456 e. The molecule has 0 radical (unpaired) electrons. The monoisotopic (exact) mass is 908 g/mol. The quantitative estimate of drug-likeness (QED) is 0.110. The number of nitrogens with zero attached hydrogens (tertiary/aromatic N) is 2. The van der Waals surface area contributed by atoms with E-state index < -0.39 is 8.07 Å². The third-order valence-corrected chi connectivity index (χ3v) is 19.4. The lowest BCUT2D eigenvalue weighted by Crippen LogP contribution is -2.74. The van der Waals surface area contributed by atoms with Crippen LogP contribution in [0.3, 0.4) is 0 Å². The van der Waals surface area contributed by atoms with Crippen LogP contribution in [-0.2, 0) is 0 Å². The molecule has 0 fully saturated rings. The fourth-order valence-electron chi connectivity index (χ4n) is 11.6. The Morgan fingerprint density at radius 3 is 1.47 bits per heavy atom. The summed E-state index contributed by atoms with van der Waals surface area (Å²) in [6.07, 6.45) is 0. The van der Waals surface area contributed by atoms with Crippen LogP contribution in [0.25, 0.3) is 99.2 Å². The van der Waals surface area contributed by atoms with Crippen LogP contribution < -0.4 is 20.7 Å². The van der Waals surface area contributed by atoms with Gasteiger partial charge in [-0.2, -0.15) is 0 Å². The zero-order valence-electron chi connectivity index (χ0n) is 38.2. The molecule has 0 aliphatic carbocycles. The molecule has 0 aliphatic rings. The van der Waals surface area contributed by atoms with Gasteiger partial charge in [-0.15, -0.1) is 0 Å². The number of benzene rings is 11. The van der Waals surface area contributed by atoms with Crippen LogP contribution in [0.15, 0.2) is 271 Å². The Hall–Kier alpha value is -8.96. The maximum atomic E-state index is 6.60. The van der Waals surface area contributed by atoms with Crippen LogP contribution >= 0.6 is 0 Å². The maximum absolute atomic E-state index is 6.60. The molecule has 0 saturated heterocycles. The molecular formula is C66H44N2OSi. The van der Waals surface area contributed by atoms with Gasteiger partial charge >= 0.3 is 0 Å². The van der Waals surface area contributed by atoms with Crippen LogP contribution in [0.4, 0.5) is 0 Å². The Bertz CT molecular complexity index is 4170. The van der Waals surface area contributed by atoms with Crippen molar-refractivity contribution in [1.82, 2.24) is 9.13 Å². The summed E-state index contributed by atoms with van der Waals surface area (Å²) in [6, 6.07) is 98.3. The van der Waals surface area contributed by atoms with Gasteiger partial charge in [0.1, 0.15) is 11.2 Å². The molecule has 14 rings (SSSR count). The molecule has 0 unspecified atom stereocenters. The first-order valence-electron chi connectivity index (χ1n) is 24.1. The lowest BCUT2D eigenvalue weighted by atomic mass is 9.96. The highest BCUT2D eigenvalue weighted by molar-refractivity contribution is 7.20. The van der Waals surface area contributed by atoms with E-state index in [1.807, 2.05) is 0 Å². The molecule has 4 heteroatoms. The fraction of sp³-hybridized carbons (Fsp3) is 0. The Morgan fingerprint density at radius 2 is 0.786 bits per heavy atom. The summed E-state index contributed by atoms with van der Waals surface area (Å²) in [4.78, 5) is 0. The number of furan rings is 1. The average molecular weight is 909 g/mol. The molecule has 328 valence electrons. The van der Waals surface area contributed by atoms with Crippen molar-refractivity contribution in [2.45, 2.75) is 0 Å². The highest BCUT2D eigenvalue weighted by atomic mass is 28.3. The van der Waals surface area contributed by atoms with Crippen LogP contribution in [0.5, 0.6) is 0 Å². The lowest BCUT2D eigenvalue weighted by Gasteiger charge is -2.34. The average Bonchev–Trinajstić information content (AvgIpc) is 4.09. The summed E-state index contributed by atoms with van der Waals surface area (Å²) in [5.74, 6) is 0. The van der Waals surface area contributed by atoms with E-state index in [9.17, 15) is 0 Å². The predicted molar refractivity (Wildman–Crippen MR) is 297 cm³/mol. The second-order valence-electron chi connectivity index (χ2n) is 18.4. The topological polar surface area (TPSA) is 23.0 Å². The van der Waals surface area contributed by atoms with E-state index in [0.717, 1.165) is 50.0 Å². The van der Waals surface area contributed by atoms with Crippen molar-refractivity contribution in [3.63, 3.8) is 0 Å². The first-order valence-corrected chi connectivity index (χ1v) is 26.1. The highest BCUT2D eigenvalue weighted by Gasteiger charge is 2.41. The Morgan fingerprint density at radius 1 is 0.271 bits per heavy atom. The Labute approximate surface area is 406 Å². The molecule has 3 heterocycles. The van der Waals surface area contributed by atoms with Crippen LogP contribution in [0, 0.1) is 0 Å². The van der Waals surface area contributed by atoms with Gasteiger partial charge in [0.15, 0.2) is 8.07 Å². The van der Waals surface area contributed by atoms with E-state index in [1.165, 1.54) is 70.0 Å². The minimum atomic E-state index is -2.86. The third kappa shape index (κ3) is 6.13. The summed E-state index contributed by atoms with van der Waals surface area (Å²) >= 11 is 0. The number of fused-ring (bicyclic) bond motifs is 9. The second kappa shape index (κ2) is 16.1. The third-order valence-electron chi connectivity index (χ3n) is 14.7. The minimum absolute atomic E-state index is 0.884. The van der Waals surface area contributed by atoms with Gasteiger partial charge in [0.2, 0.25) is 0 Å². The number of para-hydroxylation sites is 2. The highest BCUT2D eigenvalue weighted by Crippen LogP contribution is 2.42. The standard InChI is InChI=1S/C66H44N2OSi/c1-6-19-45(20-7-1)46-34-40-64-59(41-46)66-54(30-18-32-65(66)69-64)47-33-37-61-56(42-47)58-44-53(70(50-23-10-3-11-24-50,51-25-12-4-13-26-51)52-27-14-5-15-28-52)36-39-63(58)68(61)49-35-38-62-57(43-49)55-29-16-17-31-60(55)67(62)48-21-8-2-9-22-48/h1-44H. The van der Waals surface area contributed by atoms with Crippen molar-refractivity contribution in [3.05, 3.63) is 267 Å². The SMILES string of the molecule is c1ccc(-c2ccc3oc4cccc(-c5ccc6c(c5)c5cc([Si](c7ccccc7)(c7ccccc7)c7ccccc7)ccc5n6-c5ccc6c(c5)c5ccccc5n6-c5ccccc5)c4c3c2)cc1. The fourth-order valence-corrected chi connectivity index (χ4v) is 16.4. The van der Waals surface area contributed by atoms with Gasteiger partial charge in [0.25, 0.3) is 0 Å². The Balaban J connectivity index is 1.06. The molecule has 0 amide bonds. The minimum Gasteiger partial charge on any atom is -0.456 e. The predicted octanol–water partition coefficient (Wildman–Crippen LogP) is 14.5. The molecule has 70 heavy (non-hydrogen) atoms. The summed E-state index contributed by atoms with van der Waals surface area (Å²) in [6.45, 7) is 0. The molecular weight excluding hydrogens is 865 g/mol. The molecule has 3 aromatic heterocycles. The van der Waals surface area contributed by atoms with Crippen molar-refractivity contribution in [2.24, 2.45) is 0 Å². The molecule has 0 aliphatic heterocycles. The van der Waals surface area contributed by atoms with E-state index in [0.29, 0.717) is 0 Å². The molecule has 0 bridgehead atoms. The van der Waals surface area contributed by atoms with Crippen molar-refractivity contribution in [3.8, 4) is 33.6 Å². The van der Waals surface area contributed by atoms with E-state index in [1.54, 1.807) is 0 Å². The number of hydrogen-bond donors (Lipinski definition) is 0. The lowest BCUT2D eigenvalue weighted by molar-refractivity contribution is 0.669. The molecule has 0 N–H and O–H groups in total. The van der Waals surface area contributed by atoms with Gasteiger partial charge in [0.05, 0.1) is 22.1 Å². The maximum Gasteiger partial charge on any atom is 0.179 e. The first-order chi connectivity index (χ1) is 34.7. The normalized spacial score (nSPS) is 12.0. The summed E-state index contributed by atoms with van der Waals surface area (Å²) in [7, 11) is -2.86. The Kier molecular flexibility index (Phi) is 9.23. The number of hydrogen-bond acceptors (Lipinski definition) is 1. The molecule has 14 aromatic rings. The molecule has 11 aromatic carbocycles. The summed E-state index contributed by atoms with van der Waals surface area (Å²) in [5, 5.41) is 12.5. The van der Waals surface area contributed by atoms with Gasteiger partial charge in [-0.1, -0.05) is 194 Å². The van der Waals surface area contributed by atoms with Crippen molar-refractivity contribution in [1.29, 1.82) is 0 Å². The molecule has 0 spiro atoms. The van der Waals surface area contributed by atoms with Gasteiger partial charge in [-0.3, -0.25) is 0 Å². The van der Waals surface area contributed by atoms with Crippen molar-refractivity contribution < 1.29 is 4.42 Å². The van der Waals surface area contributed by atoms with Gasteiger partial charge < -0.3 is 13.6 Å². The zero-order chi connectivity index (χ0) is 46.2. The van der Waals surface area contributed by atoms with Crippen LogP contribution in [0.2, 0.25) is 0 Å². The van der Waals surface area contributed by atoms with Crippen molar-refractivity contribution >= 4 is 94.4 Å². The molecule has 0 atom stereocenters. The zero-order valence-corrected chi connectivity index (χ0v) is 39.2. The molecule has 0 saturated carbocycles. The number of rotatable bonds is 8. The van der Waals surface area contributed by atoms with Crippen LogP contribution in [0.1, 0.15) is 0 Å². The van der Waals surface area contributed by atoms with E-state index in [4.69, 9.17) is 4.42 Å². The van der Waals surface area contributed by atoms with E-state index in [-0.39, 0.29) is 0 Å². The molecule has 3 nitrogen and oxygen atoms in total. The van der Waals surface area contributed by atoms with Gasteiger partial charge in [-0.25, -0.2) is 0 Å². The smallest absolute Gasteiger partial charge is 0.179 e. The van der Waals surface area contributed by atoms with Crippen molar-refractivity contribution in [2.75, 3.05) is 0 Å². The van der Waals surface area contributed by atoms with E-state index >= 15 is 0 Å². The number of aromatic nitrogens is 2. The second-order valence-corrected chi connectivity index (χ2v) is 22.2. The first kappa shape index (κ1) is 40.1. The summed E-state index contributed by atoms with van der Waals surface area (Å²) < 4.78 is 11.5. The summed E-state index contributed by atoms with van der Waals surface area (Å²) in [5.41, 5.74) is 13.4. The van der Waals surface area contributed by atoms with Gasteiger partial charge in [-0.05, 0) is 116 Å². The van der Waals surface area contributed by atoms with Gasteiger partial charge in [0, 0.05) is 43.7 Å². The van der Waals surface area contributed by atoms with Crippen LogP contribution in [-0.4, -0.2) is 17.2 Å².